The molecule has 4 nitrogen and oxygen atoms in total. The van der Waals surface area contributed by atoms with Crippen LogP contribution >= 0.6 is 31.9 Å². The second-order valence-electron chi connectivity index (χ2n) is 7.71. The highest BCUT2D eigenvalue weighted by molar-refractivity contribution is 9.11. The van der Waals surface area contributed by atoms with Crippen molar-refractivity contribution >= 4 is 49.4 Å². The number of alkyl halides is 7. The highest BCUT2D eigenvalue weighted by Gasteiger charge is 2.73. The zero-order chi connectivity index (χ0) is 28.6. The largest absolute Gasteiger partial charge is 0.435 e. The van der Waals surface area contributed by atoms with Gasteiger partial charge in [0.25, 0.3) is 11.8 Å². The lowest BCUT2D eigenvalue weighted by Gasteiger charge is -2.31. The fraction of sp³-hybridized carbons (Fsp3) is 0.167. The van der Waals surface area contributed by atoms with Gasteiger partial charge in [-0.2, -0.15) is 26.3 Å². The second-order valence-corrected chi connectivity index (χ2v) is 9.42. The van der Waals surface area contributed by atoms with E-state index in [0.29, 0.717) is 0 Å². The Kier molecular flexibility index (Phi) is 8.27. The first-order chi connectivity index (χ1) is 17.5. The number of halogens is 10. The van der Waals surface area contributed by atoms with Crippen molar-refractivity contribution in [2.24, 2.45) is 0 Å². The topological polar surface area (TPSA) is 58.2 Å². The SMILES string of the molecule is CNC(=O)c1cccc(-c2ccccc2C(=O)Nc2c(Br)cc(C(F)(C(F)(F)F)C(F)(F)F)cc2Br)c1F. The molecule has 2 amide bonds. The number of hydrogen-bond acceptors (Lipinski definition) is 2. The van der Waals surface area contributed by atoms with E-state index in [1.54, 1.807) is 0 Å². The highest BCUT2D eigenvalue weighted by Crippen LogP contribution is 2.54. The van der Waals surface area contributed by atoms with Gasteiger partial charge in [0.15, 0.2) is 0 Å². The standard InChI is InChI=1S/C24H14Br2F8N2O2/c1-35-20(37)15-8-4-7-13(18(15)27)12-5-2-3-6-14(12)21(38)36-19-16(25)9-11(10-17(19)26)22(28,23(29,30)31)24(32,33)34/h2-10H,1H3,(H,35,37)(H,36,38). The lowest BCUT2D eigenvalue weighted by Crippen LogP contribution is -2.50. The third kappa shape index (κ3) is 5.28. The summed E-state index contributed by atoms with van der Waals surface area (Å²) >= 11 is 5.57. The van der Waals surface area contributed by atoms with Crippen molar-refractivity contribution in [2.75, 3.05) is 12.4 Å². The van der Waals surface area contributed by atoms with Crippen LogP contribution in [0.25, 0.3) is 11.1 Å². The van der Waals surface area contributed by atoms with Gasteiger partial charge in [-0.05, 0) is 61.7 Å². The Hall–Kier alpha value is -3.00. The van der Waals surface area contributed by atoms with E-state index in [0.717, 1.165) is 0 Å². The van der Waals surface area contributed by atoms with Crippen LogP contribution in [0.1, 0.15) is 26.3 Å². The first kappa shape index (κ1) is 29.6. The minimum Gasteiger partial charge on any atom is -0.355 e. The molecule has 0 radical (unpaired) electrons. The maximum Gasteiger partial charge on any atom is 0.435 e. The van der Waals surface area contributed by atoms with Gasteiger partial charge in [-0.15, -0.1) is 0 Å². The lowest BCUT2D eigenvalue weighted by molar-refractivity contribution is -0.348. The smallest absolute Gasteiger partial charge is 0.355 e. The lowest BCUT2D eigenvalue weighted by atomic mass is 9.94. The minimum absolute atomic E-state index is 0.0361. The van der Waals surface area contributed by atoms with Crippen molar-refractivity contribution in [2.45, 2.75) is 18.0 Å². The first-order valence-corrected chi connectivity index (χ1v) is 11.9. The van der Waals surface area contributed by atoms with Crippen LogP contribution in [-0.2, 0) is 5.67 Å². The molecule has 2 N–H and O–H groups in total. The molecule has 14 heteroatoms. The Morgan fingerprint density at radius 3 is 1.76 bits per heavy atom. The first-order valence-electron chi connectivity index (χ1n) is 10.3. The van der Waals surface area contributed by atoms with Crippen molar-refractivity contribution in [1.29, 1.82) is 0 Å². The van der Waals surface area contributed by atoms with Crippen molar-refractivity contribution < 1.29 is 44.7 Å². The van der Waals surface area contributed by atoms with E-state index < -0.39 is 50.2 Å². The number of amides is 2. The average molecular weight is 674 g/mol. The molecule has 3 aromatic rings. The van der Waals surface area contributed by atoms with Crippen molar-refractivity contribution in [1.82, 2.24) is 5.32 Å². The monoisotopic (exact) mass is 672 g/mol. The predicted molar refractivity (Wildman–Crippen MR) is 130 cm³/mol. The minimum atomic E-state index is -6.33. The molecular formula is C24H14Br2F8N2O2. The molecule has 0 saturated carbocycles. The summed E-state index contributed by atoms with van der Waals surface area (Å²) in [5, 5.41) is 4.59. The van der Waals surface area contributed by atoms with Crippen molar-refractivity contribution in [3.05, 3.63) is 86.1 Å². The molecule has 38 heavy (non-hydrogen) atoms. The van der Waals surface area contributed by atoms with Crippen LogP contribution in [0, 0.1) is 5.82 Å². The van der Waals surface area contributed by atoms with E-state index >= 15 is 4.39 Å². The van der Waals surface area contributed by atoms with Crippen LogP contribution in [0.15, 0.2) is 63.5 Å². The number of rotatable bonds is 5. The molecule has 0 spiro atoms. The number of carbonyl (C=O) groups excluding carboxylic acids is 2. The predicted octanol–water partition coefficient (Wildman–Crippen LogP) is 7.92. The maximum atomic E-state index is 15.1. The molecule has 0 heterocycles. The fourth-order valence-electron chi connectivity index (χ4n) is 3.53. The molecule has 3 rings (SSSR count). The van der Waals surface area contributed by atoms with Crippen LogP contribution in [-0.4, -0.2) is 31.2 Å². The van der Waals surface area contributed by atoms with Crippen LogP contribution < -0.4 is 10.6 Å². The van der Waals surface area contributed by atoms with Gasteiger partial charge < -0.3 is 10.6 Å². The van der Waals surface area contributed by atoms with Crippen LogP contribution in [0.3, 0.4) is 0 Å². The average Bonchev–Trinajstić information content (AvgIpc) is 2.83. The Labute approximate surface area is 226 Å². The summed E-state index contributed by atoms with van der Waals surface area (Å²) in [4.78, 5) is 25.1. The van der Waals surface area contributed by atoms with Crippen LogP contribution in [0.2, 0.25) is 0 Å². The molecule has 0 fully saturated rings. The van der Waals surface area contributed by atoms with E-state index in [-0.39, 0.29) is 40.1 Å². The van der Waals surface area contributed by atoms with E-state index in [4.69, 9.17) is 0 Å². The van der Waals surface area contributed by atoms with Gasteiger partial charge in [0.05, 0.1) is 11.3 Å². The molecule has 0 atom stereocenters. The molecule has 202 valence electrons. The normalized spacial score (nSPS) is 12.3. The number of benzene rings is 3. The van der Waals surface area contributed by atoms with Crippen molar-refractivity contribution in [3.8, 4) is 11.1 Å². The fourth-order valence-corrected chi connectivity index (χ4v) is 4.91. The van der Waals surface area contributed by atoms with Gasteiger partial charge in [-0.3, -0.25) is 9.59 Å². The Balaban J connectivity index is 2.06. The number of carbonyl (C=O) groups is 2. The summed E-state index contributed by atoms with van der Waals surface area (Å²) < 4.78 is 108. The Bertz CT molecular complexity index is 1370. The third-order valence-corrected chi connectivity index (χ3v) is 6.64. The molecule has 3 aromatic carbocycles. The molecule has 0 aliphatic carbocycles. The quantitative estimate of drug-likeness (QED) is 0.271. The third-order valence-electron chi connectivity index (χ3n) is 5.39. The van der Waals surface area contributed by atoms with Crippen molar-refractivity contribution in [3.63, 3.8) is 0 Å². The van der Waals surface area contributed by atoms with Gasteiger partial charge in [-0.1, -0.05) is 30.3 Å². The summed E-state index contributed by atoms with van der Waals surface area (Å²) in [6.45, 7) is 0. The maximum absolute atomic E-state index is 15.1. The van der Waals surface area contributed by atoms with Crippen LogP contribution in [0.5, 0.6) is 0 Å². The summed E-state index contributed by atoms with van der Waals surface area (Å²) in [5.74, 6) is -2.59. The summed E-state index contributed by atoms with van der Waals surface area (Å²) in [6, 6.07) is 9.98. The Morgan fingerprint density at radius 2 is 1.24 bits per heavy atom. The van der Waals surface area contributed by atoms with Crippen LogP contribution in [0.4, 0.5) is 40.8 Å². The molecule has 0 bridgehead atoms. The number of nitrogens with one attached hydrogen (secondary N) is 2. The van der Waals surface area contributed by atoms with Gasteiger partial charge >= 0.3 is 18.0 Å². The second kappa shape index (κ2) is 10.6. The van der Waals surface area contributed by atoms with E-state index in [9.17, 15) is 40.3 Å². The molecule has 0 unspecified atom stereocenters. The zero-order valence-corrected chi connectivity index (χ0v) is 22.0. The number of anilines is 1. The molecule has 0 saturated heterocycles. The van der Waals surface area contributed by atoms with Gasteiger partial charge in [-0.25, -0.2) is 8.78 Å². The van der Waals surface area contributed by atoms with E-state index in [1.165, 1.54) is 49.5 Å². The Morgan fingerprint density at radius 1 is 0.737 bits per heavy atom. The van der Waals surface area contributed by atoms with E-state index in [1.807, 2.05) is 0 Å². The molecular weight excluding hydrogens is 660 g/mol. The summed E-state index contributed by atoms with van der Waals surface area (Å²) in [7, 11) is 1.30. The molecule has 0 aromatic heterocycles. The number of hydrogen-bond donors (Lipinski definition) is 2. The zero-order valence-electron chi connectivity index (χ0n) is 18.8. The summed E-state index contributed by atoms with van der Waals surface area (Å²) in [6.07, 6.45) is -12.7. The van der Waals surface area contributed by atoms with E-state index in [2.05, 4.69) is 42.5 Å². The molecule has 0 aliphatic rings. The molecule has 0 aliphatic heterocycles. The summed E-state index contributed by atoms with van der Waals surface area (Å²) in [5.41, 5.74) is -8.31. The van der Waals surface area contributed by atoms with Gasteiger partial charge in [0.2, 0.25) is 0 Å². The van der Waals surface area contributed by atoms with Gasteiger partial charge in [0.1, 0.15) is 5.82 Å². The van der Waals surface area contributed by atoms with Gasteiger partial charge in [0, 0.05) is 32.7 Å². The highest BCUT2D eigenvalue weighted by atomic mass is 79.9.